The largest absolute Gasteiger partial charge is 0.353 e. The fourth-order valence-electron chi connectivity index (χ4n) is 3.89. The zero-order valence-corrected chi connectivity index (χ0v) is 15.3. The Morgan fingerprint density at radius 1 is 1.15 bits per heavy atom. The number of thiophene rings is 1. The van der Waals surface area contributed by atoms with Crippen molar-refractivity contribution in [1.82, 2.24) is 20.6 Å². The lowest BCUT2D eigenvalue weighted by molar-refractivity contribution is -0.124. The van der Waals surface area contributed by atoms with Crippen LogP contribution in [0.2, 0.25) is 0 Å². The van der Waals surface area contributed by atoms with E-state index in [9.17, 15) is 9.59 Å². The van der Waals surface area contributed by atoms with Gasteiger partial charge in [-0.2, -0.15) is 0 Å². The average molecular weight is 379 g/mol. The lowest BCUT2D eigenvalue weighted by atomic mass is 9.89. The van der Waals surface area contributed by atoms with Gasteiger partial charge in [-0.15, -0.1) is 11.3 Å². The second kappa shape index (κ2) is 6.02. The van der Waals surface area contributed by atoms with E-state index in [1.165, 1.54) is 0 Å². The van der Waals surface area contributed by atoms with Crippen molar-refractivity contribution in [2.45, 2.75) is 18.4 Å². The van der Waals surface area contributed by atoms with E-state index in [1.807, 2.05) is 18.2 Å². The number of nitrogens with zero attached hydrogens (tertiary/aromatic N) is 3. The molecule has 7 nitrogen and oxygen atoms in total. The Hall–Kier alpha value is -3.00. The van der Waals surface area contributed by atoms with Gasteiger partial charge >= 0.3 is 6.03 Å². The summed E-state index contributed by atoms with van der Waals surface area (Å²) in [5.41, 5.74) is 0.272. The number of anilines is 1. The Morgan fingerprint density at radius 2 is 2.00 bits per heavy atom. The van der Waals surface area contributed by atoms with Crippen molar-refractivity contribution in [3.63, 3.8) is 0 Å². The summed E-state index contributed by atoms with van der Waals surface area (Å²) in [5, 5.41) is 6.16. The number of rotatable bonds is 2. The van der Waals surface area contributed by atoms with Crippen LogP contribution in [0.3, 0.4) is 0 Å². The molecule has 2 aromatic heterocycles. The van der Waals surface area contributed by atoms with Gasteiger partial charge in [0.05, 0.1) is 11.9 Å². The molecule has 4 heterocycles. The Morgan fingerprint density at radius 3 is 2.78 bits per heavy atom. The van der Waals surface area contributed by atoms with E-state index in [0.717, 1.165) is 39.4 Å². The van der Waals surface area contributed by atoms with Crippen LogP contribution < -0.4 is 15.5 Å². The highest BCUT2D eigenvalue weighted by atomic mass is 32.1. The Kier molecular flexibility index (Phi) is 3.61. The van der Waals surface area contributed by atoms with Gasteiger partial charge in [-0.25, -0.2) is 14.8 Å². The number of carbonyl (C=O) groups is 2. The van der Waals surface area contributed by atoms with Crippen LogP contribution >= 0.6 is 11.3 Å². The zero-order valence-electron chi connectivity index (χ0n) is 14.4. The van der Waals surface area contributed by atoms with Gasteiger partial charge in [0.15, 0.2) is 0 Å². The number of amides is 3. The molecule has 1 aromatic carbocycles. The maximum absolute atomic E-state index is 12.3. The van der Waals surface area contributed by atoms with E-state index in [-0.39, 0.29) is 5.91 Å². The molecular weight excluding hydrogens is 362 g/mol. The van der Waals surface area contributed by atoms with Crippen molar-refractivity contribution >= 4 is 39.3 Å². The van der Waals surface area contributed by atoms with Crippen LogP contribution in [0.5, 0.6) is 0 Å². The lowest BCUT2D eigenvalue weighted by Gasteiger charge is -2.38. The Labute approximate surface area is 159 Å². The van der Waals surface area contributed by atoms with E-state index < -0.39 is 11.6 Å². The minimum absolute atomic E-state index is 0.252. The highest BCUT2D eigenvalue weighted by molar-refractivity contribution is 7.21. The molecule has 136 valence electrons. The van der Waals surface area contributed by atoms with Crippen LogP contribution in [0, 0.1) is 0 Å². The second-order valence-electron chi connectivity index (χ2n) is 6.91. The van der Waals surface area contributed by atoms with Crippen molar-refractivity contribution < 1.29 is 9.59 Å². The molecule has 1 spiro atoms. The van der Waals surface area contributed by atoms with Crippen LogP contribution in [-0.4, -0.2) is 40.5 Å². The smallest absolute Gasteiger partial charge is 0.322 e. The van der Waals surface area contributed by atoms with Crippen molar-refractivity contribution in [2.75, 3.05) is 18.0 Å². The van der Waals surface area contributed by atoms with Gasteiger partial charge in [0, 0.05) is 11.4 Å². The topological polar surface area (TPSA) is 87.2 Å². The van der Waals surface area contributed by atoms with Gasteiger partial charge in [-0.05, 0) is 24.5 Å². The number of hydrogen-bond acceptors (Lipinski definition) is 6. The van der Waals surface area contributed by atoms with Crippen LogP contribution in [0.25, 0.3) is 20.7 Å². The number of carbonyl (C=O) groups excluding carboxylic acids is 2. The number of nitrogens with one attached hydrogen (secondary N) is 2. The fraction of sp³-hybridized carbons (Fsp3) is 0.263. The van der Waals surface area contributed by atoms with Crippen LogP contribution in [0.1, 0.15) is 12.8 Å². The molecule has 8 heteroatoms. The third-order valence-electron chi connectivity index (χ3n) is 5.17. The highest BCUT2D eigenvalue weighted by Crippen LogP contribution is 2.37. The van der Waals surface area contributed by atoms with E-state index in [4.69, 9.17) is 0 Å². The lowest BCUT2D eigenvalue weighted by Crippen LogP contribution is -2.58. The molecule has 5 rings (SSSR count). The van der Waals surface area contributed by atoms with Crippen molar-refractivity contribution in [3.8, 4) is 10.4 Å². The molecule has 2 saturated heterocycles. The highest BCUT2D eigenvalue weighted by Gasteiger charge is 2.49. The molecule has 2 N–H and O–H groups in total. The summed E-state index contributed by atoms with van der Waals surface area (Å²) in [6, 6.07) is 11.9. The number of imide groups is 1. The van der Waals surface area contributed by atoms with Gasteiger partial charge in [0.2, 0.25) is 0 Å². The third kappa shape index (κ3) is 2.64. The number of hydrogen-bond donors (Lipinski definition) is 2. The quantitative estimate of drug-likeness (QED) is 0.668. The molecule has 1 unspecified atom stereocenters. The molecule has 2 aliphatic heterocycles. The summed E-state index contributed by atoms with van der Waals surface area (Å²) in [5.74, 6) is 0.559. The third-order valence-corrected chi connectivity index (χ3v) is 6.27. The molecule has 0 aliphatic carbocycles. The van der Waals surface area contributed by atoms with Crippen molar-refractivity contribution in [1.29, 1.82) is 0 Å². The molecule has 2 aliphatic rings. The van der Waals surface area contributed by atoms with Gasteiger partial charge in [-0.3, -0.25) is 10.1 Å². The first-order valence-electron chi connectivity index (χ1n) is 8.83. The summed E-state index contributed by atoms with van der Waals surface area (Å²) in [4.78, 5) is 37.1. The molecule has 0 radical (unpaired) electrons. The molecule has 0 saturated carbocycles. The van der Waals surface area contributed by atoms with E-state index in [1.54, 1.807) is 17.7 Å². The average Bonchev–Trinajstić information content (AvgIpc) is 3.23. The molecule has 0 bridgehead atoms. The predicted octanol–water partition coefficient (Wildman–Crippen LogP) is 2.54. The monoisotopic (exact) mass is 379 g/mol. The zero-order chi connectivity index (χ0) is 18.4. The van der Waals surface area contributed by atoms with E-state index in [0.29, 0.717) is 13.0 Å². The van der Waals surface area contributed by atoms with E-state index in [2.05, 4.69) is 43.7 Å². The van der Waals surface area contributed by atoms with Gasteiger partial charge in [0.25, 0.3) is 5.91 Å². The van der Waals surface area contributed by atoms with Crippen LogP contribution in [-0.2, 0) is 4.79 Å². The van der Waals surface area contributed by atoms with Gasteiger partial charge < -0.3 is 10.2 Å². The standard InChI is InChI=1S/C19H17N5O2S/c25-17-19(23-18(26)22-17)7-4-8-24(10-19)15-13-9-14(12-5-2-1-3-6-12)27-16(13)21-11-20-15/h1-3,5-6,9,11H,4,7-8,10H2,(H2,22,23,25,26). The molecule has 3 amide bonds. The van der Waals surface area contributed by atoms with E-state index >= 15 is 0 Å². The molecule has 2 fully saturated rings. The first kappa shape index (κ1) is 16.2. The fourth-order valence-corrected chi connectivity index (χ4v) is 4.89. The second-order valence-corrected chi connectivity index (χ2v) is 7.94. The Bertz CT molecular complexity index is 1050. The normalized spacial score (nSPS) is 22.3. The van der Waals surface area contributed by atoms with Gasteiger partial charge in [-0.1, -0.05) is 30.3 Å². The summed E-state index contributed by atoms with van der Waals surface area (Å²) in [6.45, 7) is 1.20. The van der Waals surface area contributed by atoms with Crippen LogP contribution in [0.15, 0.2) is 42.7 Å². The summed E-state index contributed by atoms with van der Waals surface area (Å²) in [6.07, 6.45) is 3.00. The van der Waals surface area contributed by atoms with Crippen molar-refractivity contribution in [3.05, 3.63) is 42.7 Å². The number of piperidine rings is 1. The summed E-state index contributed by atoms with van der Waals surface area (Å²) < 4.78 is 0. The maximum atomic E-state index is 12.3. The minimum atomic E-state index is -0.870. The first-order chi connectivity index (χ1) is 13.1. The molecule has 1 atom stereocenters. The number of urea groups is 1. The Balaban J connectivity index is 1.54. The van der Waals surface area contributed by atoms with Crippen molar-refractivity contribution in [2.24, 2.45) is 0 Å². The molecule has 3 aromatic rings. The molecule has 27 heavy (non-hydrogen) atoms. The summed E-state index contributed by atoms with van der Waals surface area (Å²) >= 11 is 1.63. The van der Waals surface area contributed by atoms with Gasteiger partial charge in [0.1, 0.15) is 22.5 Å². The van der Waals surface area contributed by atoms with Crippen LogP contribution in [0.4, 0.5) is 10.6 Å². The maximum Gasteiger partial charge on any atom is 0.322 e. The first-order valence-corrected chi connectivity index (χ1v) is 9.65. The number of benzene rings is 1. The summed E-state index contributed by atoms with van der Waals surface area (Å²) in [7, 11) is 0. The number of fused-ring (bicyclic) bond motifs is 1. The predicted molar refractivity (Wildman–Crippen MR) is 104 cm³/mol. The molecular formula is C19H17N5O2S. The minimum Gasteiger partial charge on any atom is -0.353 e. The SMILES string of the molecule is O=C1NC(=O)C2(CCCN(c3ncnc4sc(-c5ccccc5)cc34)C2)N1. The number of aromatic nitrogens is 2.